The van der Waals surface area contributed by atoms with Crippen LogP contribution in [-0.4, -0.2) is 26.2 Å². The molecular formula is C29H22Cl2O6. The fourth-order valence-corrected chi connectivity index (χ4v) is 5.00. The molecule has 5 rings (SSSR count). The molecule has 4 aromatic rings. The molecule has 6 nitrogen and oxygen atoms in total. The summed E-state index contributed by atoms with van der Waals surface area (Å²) in [6, 6.07) is 18.1. The number of aromatic hydroxyl groups is 4. The molecule has 0 fully saturated rings. The minimum Gasteiger partial charge on any atom is -0.508 e. The average molecular weight is 537 g/mol. The summed E-state index contributed by atoms with van der Waals surface area (Å²) in [5, 5.41) is 44.2. The third kappa shape index (κ3) is 4.78. The van der Waals surface area contributed by atoms with E-state index in [4.69, 9.17) is 27.9 Å². The van der Waals surface area contributed by atoms with E-state index in [0.29, 0.717) is 21.2 Å². The van der Waals surface area contributed by atoms with Gasteiger partial charge in [0.15, 0.2) is 5.78 Å². The number of hydrogen-bond donors (Lipinski definition) is 4. The fourth-order valence-electron chi connectivity index (χ4n) is 4.61. The summed E-state index contributed by atoms with van der Waals surface area (Å²) in [5.41, 5.74) is 1.69. The van der Waals surface area contributed by atoms with E-state index < -0.39 is 11.9 Å². The lowest BCUT2D eigenvalue weighted by molar-refractivity contribution is 0.0842. The van der Waals surface area contributed by atoms with Crippen molar-refractivity contribution in [3.63, 3.8) is 0 Å². The van der Waals surface area contributed by atoms with E-state index in [2.05, 4.69) is 0 Å². The van der Waals surface area contributed by atoms with Gasteiger partial charge in [0.1, 0.15) is 40.4 Å². The van der Waals surface area contributed by atoms with Crippen LogP contribution in [-0.2, 0) is 12.8 Å². The van der Waals surface area contributed by atoms with Crippen LogP contribution >= 0.6 is 23.2 Å². The highest BCUT2D eigenvalue weighted by molar-refractivity contribution is 6.31. The van der Waals surface area contributed by atoms with E-state index in [0.717, 1.165) is 5.56 Å². The zero-order chi connectivity index (χ0) is 26.3. The first-order valence-electron chi connectivity index (χ1n) is 11.5. The lowest BCUT2D eigenvalue weighted by Crippen LogP contribution is -2.22. The predicted molar refractivity (Wildman–Crippen MR) is 140 cm³/mol. The molecule has 0 saturated carbocycles. The molecule has 0 radical (unpaired) electrons. The Labute approximate surface area is 222 Å². The normalized spacial score (nSPS) is 14.8. The van der Waals surface area contributed by atoms with Crippen molar-refractivity contribution >= 4 is 29.0 Å². The Bertz CT molecular complexity index is 1520. The Balaban J connectivity index is 1.70. The number of ketones is 1. The maximum atomic E-state index is 13.4. The highest BCUT2D eigenvalue weighted by Gasteiger charge is 2.36. The van der Waals surface area contributed by atoms with Crippen molar-refractivity contribution in [3.05, 3.63) is 110 Å². The summed E-state index contributed by atoms with van der Waals surface area (Å²) < 4.78 is 6.25. The number of hydrogen-bond acceptors (Lipinski definition) is 6. The molecule has 0 saturated heterocycles. The van der Waals surface area contributed by atoms with Gasteiger partial charge in [-0.05, 0) is 53.1 Å². The molecule has 4 aromatic carbocycles. The number of benzene rings is 4. The van der Waals surface area contributed by atoms with Crippen LogP contribution in [0.5, 0.6) is 28.7 Å². The first kappa shape index (κ1) is 24.8. The van der Waals surface area contributed by atoms with Crippen LogP contribution in [0.15, 0.2) is 66.7 Å². The number of carbonyl (C=O) groups excluding carboxylic acids is 1. The maximum Gasteiger partial charge on any atom is 0.174 e. The molecule has 37 heavy (non-hydrogen) atoms. The van der Waals surface area contributed by atoms with Gasteiger partial charge in [-0.2, -0.15) is 0 Å². The van der Waals surface area contributed by atoms with Crippen molar-refractivity contribution in [1.82, 2.24) is 0 Å². The minimum absolute atomic E-state index is 0.0148. The Morgan fingerprint density at radius 3 is 1.92 bits per heavy atom. The fraction of sp³-hybridized carbons (Fsp3) is 0.138. The molecule has 1 atom stereocenters. The first-order valence-corrected chi connectivity index (χ1v) is 12.3. The van der Waals surface area contributed by atoms with Gasteiger partial charge in [-0.1, -0.05) is 53.5 Å². The smallest absolute Gasteiger partial charge is 0.174 e. The zero-order valence-corrected chi connectivity index (χ0v) is 20.9. The number of halogens is 2. The van der Waals surface area contributed by atoms with Crippen molar-refractivity contribution in [2.75, 3.05) is 0 Å². The van der Waals surface area contributed by atoms with Gasteiger partial charge < -0.3 is 25.2 Å². The number of rotatable bonds is 5. The molecule has 0 aliphatic carbocycles. The number of carbonyl (C=O) groups is 1. The van der Waals surface area contributed by atoms with Crippen molar-refractivity contribution in [3.8, 4) is 28.7 Å². The Morgan fingerprint density at radius 2 is 1.32 bits per heavy atom. The summed E-state index contributed by atoms with van der Waals surface area (Å²) in [6.45, 7) is 0. The van der Waals surface area contributed by atoms with Crippen molar-refractivity contribution in [2.45, 2.75) is 25.4 Å². The van der Waals surface area contributed by atoms with Crippen LogP contribution in [0.3, 0.4) is 0 Å². The number of phenols is 4. The Hall–Kier alpha value is -3.87. The summed E-state index contributed by atoms with van der Waals surface area (Å²) in [7, 11) is 0. The second-order valence-corrected chi connectivity index (χ2v) is 9.78. The molecule has 0 amide bonds. The van der Waals surface area contributed by atoms with Gasteiger partial charge in [-0.25, -0.2) is 0 Å². The van der Waals surface area contributed by atoms with E-state index >= 15 is 0 Å². The molecule has 0 bridgehead atoms. The van der Waals surface area contributed by atoms with Gasteiger partial charge >= 0.3 is 0 Å². The standard InChI is InChI=1S/C29H22Cl2O6/c30-18-6-8-22(32)16(10-18)12-20-27(35)21(13-17-11-19(31)7-9-23(17)33)29-26(28(20)36)24(34)14-25(37-29)15-4-2-1-3-5-15/h1-11,25,32-33,35-36H,12-14H2. The van der Waals surface area contributed by atoms with E-state index in [1.807, 2.05) is 30.3 Å². The van der Waals surface area contributed by atoms with Crippen LogP contribution in [0.1, 0.15) is 50.7 Å². The molecule has 1 heterocycles. The van der Waals surface area contributed by atoms with Crippen LogP contribution in [0.25, 0.3) is 0 Å². The monoisotopic (exact) mass is 536 g/mol. The Kier molecular flexibility index (Phi) is 6.63. The summed E-state index contributed by atoms with van der Waals surface area (Å²) in [6.07, 6.45) is -0.792. The van der Waals surface area contributed by atoms with Crippen LogP contribution in [0, 0.1) is 0 Å². The SMILES string of the molecule is O=C1CC(c2ccccc2)Oc2c(Cc3cc(Cl)ccc3O)c(O)c(Cc3cc(Cl)ccc3O)c(O)c21. The summed E-state index contributed by atoms with van der Waals surface area (Å²) in [4.78, 5) is 13.4. The van der Waals surface area contributed by atoms with Gasteiger partial charge in [0.25, 0.3) is 0 Å². The highest BCUT2D eigenvalue weighted by atomic mass is 35.5. The topological polar surface area (TPSA) is 107 Å². The molecular weight excluding hydrogens is 515 g/mol. The van der Waals surface area contributed by atoms with Gasteiger partial charge in [0.05, 0.1) is 6.42 Å². The van der Waals surface area contributed by atoms with Crippen molar-refractivity contribution in [2.24, 2.45) is 0 Å². The van der Waals surface area contributed by atoms with Gasteiger partial charge in [-0.3, -0.25) is 4.79 Å². The number of Topliss-reactive ketones (excluding diaryl/α,β-unsaturated/α-hetero) is 1. The average Bonchev–Trinajstić information content (AvgIpc) is 2.88. The van der Waals surface area contributed by atoms with Gasteiger partial charge in [-0.15, -0.1) is 0 Å². The molecule has 1 aliphatic heterocycles. The van der Waals surface area contributed by atoms with Crippen molar-refractivity contribution in [1.29, 1.82) is 0 Å². The first-order chi connectivity index (χ1) is 17.7. The largest absolute Gasteiger partial charge is 0.508 e. The molecule has 8 heteroatoms. The van der Waals surface area contributed by atoms with Gasteiger partial charge in [0, 0.05) is 34.0 Å². The molecule has 1 aliphatic rings. The third-order valence-corrected chi connectivity index (χ3v) is 6.96. The minimum atomic E-state index is -0.630. The second kappa shape index (κ2) is 9.88. The third-order valence-electron chi connectivity index (χ3n) is 6.49. The van der Waals surface area contributed by atoms with Crippen LogP contribution in [0.2, 0.25) is 10.0 Å². The summed E-state index contributed by atoms with van der Waals surface area (Å²) in [5.74, 6) is -1.21. The zero-order valence-electron chi connectivity index (χ0n) is 19.4. The van der Waals surface area contributed by atoms with Crippen molar-refractivity contribution < 1.29 is 30.0 Å². The van der Waals surface area contributed by atoms with E-state index in [9.17, 15) is 25.2 Å². The maximum absolute atomic E-state index is 13.4. The van der Waals surface area contributed by atoms with E-state index in [1.165, 1.54) is 30.3 Å². The summed E-state index contributed by atoms with van der Waals surface area (Å²) >= 11 is 12.2. The Morgan fingerprint density at radius 1 is 0.757 bits per heavy atom. The number of ether oxygens (including phenoxy) is 1. The molecule has 0 aromatic heterocycles. The highest BCUT2D eigenvalue weighted by Crippen LogP contribution is 2.50. The van der Waals surface area contributed by atoms with Gasteiger partial charge in [0.2, 0.25) is 0 Å². The molecule has 188 valence electrons. The molecule has 4 N–H and O–H groups in total. The van der Waals surface area contributed by atoms with Crippen LogP contribution < -0.4 is 4.74 Å². The lowest BCUT2D eigenvalue weighted by atomic mass is 9.87. The number of fused-ring (bicyclic) bond motifs is 1. The predicted octanol–water partition coefficient (Wildman–Crippen LogP) is 6.70. The van der Waals surface area contributed by atoms with E-state index in [1.54, 1.807) is 6.07 Å². The quantitative estimate of drug-likeness (QED) is 0.226. The van der Waals surface area contributed by atoms with Crippen LogP contribution in [0.4, 0.5) is 0 Å². The molecule has 1 unspecified atom stereocenters. The molecule has 0 spiro atoms. The van der Waals surface area contributed by atoms with E-state index in [-0.39, 0.29) is 64.7 Å². The number of phenolic OH excluding ortho intramolecular Hbond substituents is 4. The lowest BCUT2D eigenvalue weighted by Gasteiger charge is -2.30. The second-order valence-electron chi connectivity index (χ2n) is 8.90.